The van der Waals surface area contributed by atoms with Crippen LogP contribution in [0, 0.1) is 11.7 Å². The van der Waals surface area contributed by atoms with E-state index in [2.05, 4.69) is 15.5 Å². The molecule has 1 aliphatic heterocycles. The normalized spacial score (nSPS) is 14.8. The molecule has 0 bridgehead atoms. The van der Waals surface area contributed by atoms with Crippen molar-refractivity contribution in [2.24, 2.45) is 5.92 Å². The number of carbonyl (C=O) groups is 2. The van der Waals surface area contributed by atoms with Gasteiger partial charge in [0, 0.05) is 41.2 Å². The summed E-state index contributed by atoms with van der Waals surface area (Å²) in [6.45, 7) is 6.99. The maximum Gasteiger partial charge on any atom is 0.253 e. The number of nitrogens with one attached hydrogen (secondary N) is 1. The third kappa shape index (κ3) is 5.27. The van der Waals surface area contributed by atoms with Crippen LogP contribution in [0.25, 0.3) is 11.4 Å². The number of piperidine rings is 1. The zero-order valence-corrected chi connectivity index (χ0v) is 19.0. The molecule has 0 saturated carbocycles. The molecule has 7 nitrogen and oxygen atoms in total. The van der Waals surface area contributed by atoms with Gasteiger partial charge in [0.15, 0.2) is 0 Å². The molecule has 1 aliphatic rings. The van der Waals surface area contributed by atoms with Gasteiger partial charge in [-0.2, -0.15) is 4.98 Å². The largest absolute Gasteiger partial charge is 0.339 e. The number of rotatable bonds is 4. The Bertz CT molecular complexity index is 1130. The lowest BCUT2D eigenvalue weighted by Gasteiger charge is -2.31. The monoisotopic (exact) mass is 450 g/mol. The first kappa shape index (κ1) is 22.6. The smallest absolute Gasteiger partial charge is 0.253 e. The van der Waals surface area contributed by atoms with Crippen LogP contribution in [-0.4, -0.2) is 39.9 Å². The number of nitrogens with zero attached hydrogens (tertiary/aromatic N) is 3. The molecule has 172 valence electrons. The van der Waals surface area contributed by atoms with E-state index in [0.29, 0.717) is 48.9 Å². The van der Waals surface area contributed by atoms with Crippen LogP contribution in [0.1, 0.15) is 49.9 Å². The number of amides is 2. The maximum absolute atomic E-state index is 13.1. The zero-order chi connectivity index (χ0) is 23.6. The van der Waals surface area contributed by atoms with E-state index in [1.54, 1.807) is 4.90 Å². The van der Waals surface area contributed by atoms with Gasteiger partial charge in [0.1, 0.15) is 5.82 Å². The summed E-state index contributed by atoms with van der Waals surface area (Å²) in [4.78, 5) is 31.5. The molecule has 2 heterocycles. The number of halogens is 1. The average molecular weight is 451 g/mol. The molecule has 0 spiro atoms. The van der Waals surface area contributed by atoms with Crippen LogP contribution in [0.4, 0.5) is 10.1 Å². The van der Waals surface area contributed by atoms with Gasteiger partial charge in [-0.1, -0.05) is 25.9 Å². The Morgan fingerprint density at radius 3 is 2.24 bits per heavy atom. The van der Waals surface area contributed by atoms with Gasteiger partial charge in [0.25, 0.3) is 5.91 Å². The highest BCUT2D eigenvalue weighted by atomic mass is 19.1. The number of aromatic nitrogens is 2. The maximum atomic E-state index is 13.1. The van der Waals surface area contributed by atoms with E-state index in [-0.39, 0.29) is 29.0 Å². The first-order valence-corrected chi connectivity index (χ1v) is 11.0. The van der Waals surface area contributed by atoms with Crippen molar-refractivity contribution >= 4 is 17.5 Å². The molecular weight excluding hydrogens is 423 g/mol. The Morgan fingerprint density at radius 1 is 1.03 bits per heavy atom. The highest BCUT2D eigenvalue weighted by Crippen LogP contribution is 2.25. The van der Waals surface area contributed by atoms with Crippen molar-refractivity contribution in [1.82, 2.24) is 15.0 Å². The van der Waals surface area contributed by atoms with Gasteiger partial charge in [0.05, 0.1) is 0 Å². The van der Waals surface area contributed by atoms with Gasteiger partial charge in [0.2, 0.25) is 17.6 Å². The SMILES string of the molecule is CC(C)(C)c1nc(-c2ccc(NC(=O)C3CCN(C(=O)c4ccc(F)cc4)CC3)cc2)no1. The standard InChI is InChI=1S/C25H27FN4O3/c1-25(2,3)24-28-21(29-33-24)16-6-10-20(11-7-16)27-22(31)17-12-14-30(15-13-17)23(32)18-4-8-19(26)9-5-18/h4-11,17H,12-15H2,1-3H3,(H,27,31). The Hall–Kier alpha value is -3.55. The van der Waals surface area contributed by atoms with E-state index in [0.717, 1.165) is 5.56 Å². The average Bonchev–Trinajstić information content (AvgIpc) is 3.31. The van der Waals surface area contributed by atoms with Crippen LogP contribution in [0.3, 0.4) is 0 Å². The van der Waals surface area contributed by atoms with E-state index in [1.165, 1.54) is 24.3 Å². The van der Waals surface area contributed by atoms with Crippen molar-refractivity contribution in [2.45, 2.75) is 39.0 Å². The molecule has 0 radical (unpaired) electrons. The summed E-state index contributed by atoms with van der Waals surface area (Å²) in [6, 6.07) is 12.8. The van der Waals surface area contributed by atoms with Crippen molar-refractivity contribution in [2.75, 3.05) is 18.4 Å². The van der Waals surface area contributed by atoms with Crippen molar-refractivity contribution in [3.63, 3.8) is 0 Å². The molecule has 0 unspecified atom stereocenters. The molecule has 1 fully saturated rings. The first-order chi connectivity index (χ1) is 15.7. The minimum atomic E-state index is -0.373. The number of hydrogen-bond donors (Lipinski definition) is 1. The lowest BCUT2D eigenvalue weighted by atomic mass is 9.95. The van der Waals surface area contributed by atoms with Gasteiger partial charge >= 0.3 is 0 Å². The van der Waals surface area contributed by atoms with Crippen LogP contribution < -0.4 is 5.32 Å². The molecule has 0 aliphatic carbocycles. The first-order valence-electron chi connectivity index (χ1n) is 11.0. The highest BCUT2D eigenvalue weighted by molar-refractivity contribution is 5.95. The molecule has 1 aromatic heterocycles. The summed E-state index contributed by atoms with van der Waals surface area (Å²) in [5.41, 5.74) is 1.72. The van der Waals surface area contributed by atoms with Gasteiger partial charge in [-0.05, 0) is 61.4 Å². The van der Waals surface area contributed by atoms with Crippen molar-refractivity contribution in [1.29, 1.82) is 0 Å². The molecule has 8 heteroatoms. The predicted molar refractivity (Wildman–Crippen MR) is 122 cm³/mol. The second-order valence-electron chi connectivity index (χ2n) is 9.31. The van der Waals surface area contributed by atoms with Crippen LogP contribution in [0.2, 0.25) is 0 Å². The molecule has 0 atom stereocenters. The minimum Gasteiger partial charge on any atom is -0.339 e. The highest BCUT2D eigenvalue weighted by Gasteiger charge is 2.28. The molecular formula is C25H27FN4O3. The van der Waals surface area contributed by atoms with Crippen molar-refractivity contribution in [3.05, 3.63) is 65.8 Å². The molecule has 1 N–H and O–H groups in total. The van der Waals surface area contributed by atoms with Gasteiger partial charge in [-0.25, -0.2) is 4.39 Å². The van der Waals surface area contributed by atoms with Gasteiger partial charge in [-0.15, -0.1) is 0 Å². The van der Waals surface area contributed by atoms with Crippen molar-refractivity contribution < 1.29 is 18.5 Å². The Balaban J connectivity index is 1.31. The van der Waals surface area contributed by atoms with Crippen LogP contribution in [0.5, 0.6) is 0 Å². The number of carbonyl (C=O) groups excluding carboxylic acids is 2. The molecule has 4 rings (SSSR count). The van der Waals surface area contributed by atoms with E-state index < -0.39 is 0 Å². The molecule has 2 aromatic carbocycles. The lowest BCUT2D eigenvalue weighted by Crippen LogP contribution is -2.41. The topological polar surface area (TPSA) is 88.3 Å². The van der Waals surface area contributed by atoms with E-state index >= 15 is 0 Å². The van der Waals surface area contributed by atoms with Crippen molar-refractivity contribution in [3.8, 4) is 11.4 Å². The predicted octanol–water partition coefficient (Wildman–Crippen LogP) is 4.66. The fourth-order valence-electron chi connectivity index (χ4n) is 3.71. The third-order valence-electron chi connectivity index (χ3n) is 5.72. The third-order valence-corrected chi connectivity index (χ3v) is 5.72. The Morgan fingerprint density at radius 2 is 1.67 bits per heavy atom. The number of hydrogen-bond acceptors (Lipinski definition) is 5. The zero-order valence-electron chi connectivity index (χ0n) is 19.0. The van der Waals surface area contributed by atoms with E-state index in [1.807, 2.05) is 45.0 Å². The summed E-state index contributed by atoms with van der Waals surface area (Å²) in [5, 5.41) is 6.99. The second-order valence-corrected chi connectivity index (χ2v) is 9.31. The second kappa shape index (κ2) is 9.13. The fourth-order valence-corrected chi connectivity index (χ4v) is 3.71. The molecule has 3 aromatic rings. The number of likely N-dealkylation sites (tertiary alicyclic amines) is 1. The summed E-state index contributed by atoms with van der Waals surface area (Å²) in [5.74, 6) is 0.331. The minimum absolute atomic E-state index is 0.0637. The summed E-state index contributed by atoms with van der Waals surface area (Å²) >= 11 is 0. The summed E-state index contributed by atoms with van der Waals surface area (Å²) in [7, 11) is 0. The Labute approximate surface area is 192 Å². The number of benzene rings is 2. The van der Waals surface area contributed by atoms with Gasteiger partial charge < -0.3 is 14.7 Å². The summed E-state index contributed by atoms with van der Waals surface area (Å²) < 4.78 is 18.4. The van der Waals surface area contributed by atoms with E-state index in [4.69, 9.17) is 4.52 Å². The number of anilines is 1. The van der Waals surface area contributed by atoms with Crippen LogP contribution in [-0.2, 0) is 10.2 Å². The fraction of sp³-hybridized carbons (Fsp3) is 0.360. The summed E-state index contributed by atoms with van der Waals surface area (Å²) in [6.07, 6.45) is 1.16. The van der Waals surface area contributed by atoms with Crippen LogP contribution in [0.15, 0.2) is 53.1 Å². The molecule has 2 amide bonds. The molecule has 1 saturated heterocycles. The quantitative estimate of drug-likeness (QED) is 0.624. The molecule has 33 heavy (non-hydrogen) atoms. The lowest BCUT2D eigenvalue weighted by molar-refractivity contribution is -0.121. The van der Waals surface area contributed by atoms with E-state index in [9.17, 15) is 14.0 Å². The van der Waals surface area contributed by atoms with Gasteiger partial charge in [-0.3, -0.25) is 9.59 Å². The Kier molecular flexibility index (Phi) is 6.26. The van der Waals surface area contributed by atoms with Crippen LogP contribution >= 0.6 is 0 Å².